The molecule has 0 saturated heterocycles. The zero-order valence-corrected chi connectivity index (χ0v) is 12.9. The van der Waals surface area contributed by atoms with Crippen LogP contribution < -0.4 is 10.2 Å². The summed E-state index contributed by atoms with van der Waals surface area (Å²) in [5.74, 6) is -2.03. The molecule has 7 heteroatoms. The Morgan fingerprint density at radius 3 is 2.87 bits per heavy atom. The third kappa shape index (κ3) is 4.75. The minimum Gasteiger partial charge on any atom is -0.483 e. The molecule has 0 aliphatic heterocycles. The molecule has 0 aliphatic rings. The average molecular weight is 339 g/mol. The Labute approximate surface area is 136 Å². The topological polar surface area (TPSA) is 50.7 Å². The average Bonchev–Trinajstić information content (AvgIpc) is 2.50. The zero-order valence-electron chi connectivity index (χ0n) is 12.1. The Balaban J connectivity index is 1.87. The molecule has 0 aromatic heterocycles. The van der Waals surface area contributed by atoms with Crippen molar-refractivity contribution in [1.82, 2.24) is 5.43 Å². The van der Waals surface area contributed by atoms with E-state index < -0.39 is 17.5 Å². The lowest BCUT2D eigenvalue weighted by Gasteiger charge is -2.08. The molecule has 0 fully saturated rings. The highest BCUT2D eigenvalue weighted by Gasteiger charge is 2.06. The molecule has 0 aliphatic carbocycles. The van der Waals surface area contributed by atoms with Crippen LogP contribution in [0.1, 0.15) is 11.1 Å². The van der Waals surface area contributed by atoms with E-state index in [2.05, 4.69) is 10.5 Å². The molecule has 0 unspecified atom stereocenters. The maximum atomic E-state index is 13.4. The molecule has 4 nitrogen and oxygen atoms in total. The number of aryl methyl sites for hydroxylation is 1. The van der Waals surface area contributed by atoms with Crippen LogP contribution in [0.2, 0.25) is 5.02 Å². The molecule has 2 aromatic carbocycles. The number of hydrazone groups is 1. The lowest BCUT2D eigenvalue weighted by atomic mass is 10.2. The minimum absolute atomic E-state index is 0.0697. The van der Waals surface area contributed by atoms with E-state index in [-0.39, 0.29) is 12.2 Å². The second kappa shape index (κ2) is 7.69. The van der Waals surface area contributed by atoms with E-state index in [1.54, 1.807) is 25.1 Å². The van der Waals surface area contributed by atoms with E-state index in [9.17, 15) is 13.6 Å². The van der Waals surface area contributed by atoms with Gasteiger partial charge in [-0.1, -0.05) is 23.7 Å². The van der Waals surface area contributed by atoms with Gasteiger partial charge in [-0.05, 0) is 36.8 Å². The Morgan fingerprint density at radius 2 is 2.13 bits per heavy atom. The summed E-state index contributed by atoms with van der Waals surface area (Å²) in [6, 6.07) is 8.67. The van der Waals surface area contributed by atoms with Crippen molar-refractivity contribution in [1.29, 1.82) is 0 Å². The number of benzene rings is 2. The van der Waals surface area contributed by atoms with Gasteiger partial charge in [0.05, 0.1) is 6.21 Å². The van der Waals surface area contributed by atoms with E-state index in [0.29, 0.717) is 10.8 Å². The largest absolute Gasteiger partial charge is 0.483 e. The SMILES string of the molecule is Cc1cc(Cl)ccc1OCC(=O)NN=Cc1cccc(F)c1F. The van der Waals surface area contributed by atoms with Crippen molar-refractivity contribution < 1.29 is 18.3 Å². The first-order valence-electron chi connectivity index (χ1n) is 6.62. The van der Waals surface area contributed by atoms with Gasteiger partial charge in [0, 0.05) is 10.6 Å². The highest BCUT2D eigenvalue weighted by Crippen LogP contribution is 2.21. The van der Waals surface area contributed by atoms with E-state index >= 15 is 0 Å². The Bertz CT molecular complexity index is 751. The van der Waals surface area contributed by atoms with Crippen molar-refractivity contribution in [3.8, 4) is 5.75 Å². The standard InChI is InChI=1S/C16H13ClF2N2O2/c1-10-7-12(17)5-6-14(10)23-9-15(22)21-20-8-11-3-2-4-13(18)16(11)19/h2-8H,9H2,1H3,(H,21,22). The molecule has 2 aromatic rings. The monoisotopic (exact) mass is 338 g/mol. The highest BCUT2D eigenvalue weighted by atomic mass is 35.5. The quantitative estimate of drug-likeness (QED) is 0.670. The van der Waals surface area contributed by atoms with Gasteiger partial charge in [0.25, 0.3) is 5.91 Å². The van der Waals surface area contributed by atoms with Crippen molar-refractivity contribution in [2.24, 2.45) is 5.10 Å². The maximum Gasteiger partial charge on any atom is 0.277 e. The third-order valence-corrected chi connectivity index (χ3v) is 3.11. The Hall–Kier alpha value is -2.47. The summed E-state index contributed by atoms with van der Waals surface area (Å²) in [5, 5.41) is 4.13. The Kier molecular flexibility index (Phi) is 5.65. The number of hydrogen-bond donors (Lipinski definition) is 1. The van der Waals surface area contributed by atoms with Gasteiger partial charge < -0.3 is 4.74 Å². The van der Waals surface area contributed by atoms with E-state index in [4.69, 9.17) is 16.3 Å². The van der Waals surface area contributed by atoms with Crippen LogP contribution in [0.15, 0.2) is 41.5 Å². The summed E-state index contributed by atoms with van der Waals surface area (Å²) < 4.78 is 31.7. The summed E-state index contributed by atoms with van der Waals surface area (Å²) in [4.78, 5) is 11.6. The van der Waals surface area contributed by atoms with Crippen LogP contribution in [0.5, 0.6) is 5.75 Å². The van der Waals surface area contributed by atoms with E-state index in [1.165, 1.54) is 12.1 Å². The molecular formula is C16H13ClF2N2O2. The highest BCUT2D eigenvalue weighted by molar-refractivity contribution is 6.30. The molecule has 2 rings (SSSR count). The molecule has 0 heterocycles. The zero-order chi connectivity index (χ0) is 16.8. The summed E-state index contributed by atoms with van der Waals surface area (Å²) in [6.07, 6.45) is 1.02. The number of rotatable bonds is 5. The fourth-order valence-corrected chi connectivity index (χ4v) is 1.97. The Morgan fingerprint density at radius 1 is 1.35 bits per heavy atom. The molecule has 23 heavy (non-hydrogen) atoms. The predicted octanol–water partition coefficient (Wildman–Crippen LogP) is 3.46. The minimum atomic E-state index is -1.03. The van der Waals surface area contributed by atoms with Crippen molar-refractivity contribution in [3.05, 3.63) is 64.2 Å². The molecule has 1 N–H and O–H groups in total. The van der Waals surface area contributed by atoms with E-state index in [0.717, 1.165) is 17.8 Å². The summed E-state index contributed by atoms with van der Waals surface area (Å²) in [7, 11) is 0. The van der Waals surface area contributed by atoms with Crippen LogP contribution in [0.25, 0.3) is 0 Å². The van der Waals surface area contributed by atoms with Gasteiger partial charge in [0.15, 0.2) is 18.2 Å². The summed E-state index contributed by atoms with van der Waals surface area (Å²) in [6.45, 7) is 1.52. The molecule has 0 bridgehead atoms. The number of nitrogens with zero attached hydrogens (tertiary/aromatic N) is 1. The van der Waals surface area contributed by atoms with E-state index in [1.807, 2.05) is 0 Å². The fourth-order valence-electron chi connectivity index (χ4n) is 1.74. The van der Waals surface area contributed by atoms with Crippen LogP contribution >= 0.6 is 11.6 Å². The fraction of sp³-hybridized carbons (Fsp3) is 0.125. The van der Waals surface area contributed by atoms with Gasteiger partial charge in [-0.25, -0.2) is 14.2 Å². The number of ether oxygens (including phenoxy) is 1. The van der Waals surface area contributed by atoms with Gasteiger partial charge in [0.2, 0.25) is 0 Å². The van der Waals surface area contributed by atoms with Gasteiger partial charge in [-0.15, -0.1) is 0 Å². The van der Waals surface area contributed by atoms with Gasteiger partial charge >= 0.3 is 0 Å². The van der Waals surface area contributed by atoms with Crippen molar-refractivity contribution in [3.63, 3.8) is 0 Å². The van der Waals surface area contributed by atoms with Crippen LogP contribution in [0.4, 0.5) is 8.78 Å². The van der Waals surface area contributed by atoms with Crippen LogP contribution in [0.3, 0.4) is 0 Å². The molecule has 1 amide bonds. The maximum absolute atomic E-state index is 13.4. The number of carbonyl (C=O) groups excluding carboxylic acids is 1. The number of nitrogens with one attached hydrogen (secondary N) is 1. The first kappa shape index (κ1) is 16.9. The van der Waals surface area contributed by atoms with Crippen LogP contribution in [0, 0.1) is 18.6 Å². The second-order valence-corrected chi connectivity index (χ2v) is 5.07. The van der Waals surface area contributed by atoms with Crippen molar-refractivity contribution in [2.45, 2.75) is 6.92 Å². The number of carbonyl (C=O) groups is 1. The first-order chi connectivity index (χ1) is 11.0. The number of halogens is 3. The number of hydrogen-bond acceptors (Lipinski definition) is 3. The van der Waals surface area contributed by atoms with Gasteiger partial charge in [-0.3, -0.25) is 4.79 Å². The molecular weight excluding hydrogens is 326 g/mol. The van der Waals surface area contributed by atoms with Gasteiger partial charge in [0.1, 0.15) is 5.75 Å². The number of amides is 1. The van der Waals surface area contributed by atoms with Crippen molar-refractivity contribution >= 4 is 23.7 Å². The third-order valence-electron chi connectivity index (χ3n) is 2.87. The first-order valence-corrected chi connectivity index (χ1v) is 7.00. The smallest absolute Gasteiger partial charge is 0.277 e. The van der Waals surface area contributed by atoms with Crippen LogP contribution in [-0.4, -0.2) is 18.7 Å². The lowest BCUT2D eigenvalue weighted by molar-refractivity contribution is -0.123. The van der Waals surface area contributed by atoms with Gasteiger partial charge in [-0.2, -0.15) is 5.10 Å². The summed E-state index contributed by atoms with van der Waals surface area (Å²) in [5.41, 5.74) is 2.89. The summed E-state index contributed by atoms with van der Waals surface area (Å²) >= 11 is 5.82. The molecule has 120 valence electrons. The molecule has 0 atom stereocenters. The van der Waals surface area contributed by atoms with Crippen LogP contribution in [-0.2, 0) is 4.79 Å². The molecule has 0 spiro atoms. The second-order valence-electron chi connectivity index (χ2n) is 4.63. The molecule has 0 radical (unpaired) electrons. The predicted molar refractivity (Wildman–Crippen MR) is 83.8 cm³/mol. The molecule has 0 saturated carbocycles. The lowest BCUT2D eigenvalue weighted by Crippen LogP contribution is -2.24. The normalized spacial score (nSPS) is 10.8. The van der Waals surface area contributed by atoms with Crippen molar-refractivity contribution in [2.75, 3.05) is 6.61 Å².